The second-order valence-electron chi connectivity index (χ2n) is 14.7. The third kappa shape index (κ3) is 13.5. The largest absolute Gasteiger partial charge is 0.417 e. The Morgan fingerprint density at radius 1 is 0.297 bits per heavy atom. The number of hydrogen-bond donors (Lipinski definition) is 0. The predicted molar refractivity (Wildman–Crippen MR) is 228 cm³/mol. The Hall–Kier alpha value is -7.44. The Bertz CT molecular complexity index is 1940. The lowest BCUT2D eigenvalue weighted by Gasteiger charge is -2.30. The summed E-state index contributed by atoms with van der Waals surface area (Å²) < 4.78 is 20.9. The van der Waals surface area contributed by atoms with Gasteiger partial charge in [0.25, 0.3) is 0 Å². The fourth-order valence-electron chi connectivity index (χ4n) is 6.77. The van der Waals surface area contributed by atoms with Gasteiger partial charge in [-0.3, -0.25) is 9.80 Å². The van der Waals surface area contributed by atoms with Gasteiger partial charge in [0, 0.05) is 91.6 Å². The summed E-state index contributed by atoms with van der Waals surface area (Å²) >= 11 is 0. The van der Waals surface area contributed by atoms with Crippen LogP contribution in [0.4, 0.5) is 19.2 Å². The van der Waals surface area contributed by atoms with Crippen molar-refractivity contribution in [1.29, 1.82) is 0 Å². The number of carbonyl (C=O) groups excluding carboxylic acids is 8. The Kier molecular flexibility index (Phi) is 16.7. The van der Waals surface area contributed by atoms with Gasteiger partial charge in [0.05, 0.1) is 22.3 Å². The van der Waals surface area contributed by atoms with Gasteiger partial charge in [-0.15, -0.1) is 0 Å². The molecule has 2 aliphatic rings. The van der Waals surface area contributed by atoms with Gasteiger partial charge < -0.3 is 38.5 Å². The van der Waals surface area contributed by atoms with Crippen molar-refractivity contribution in [3.8, 4) is 0 Å². The van der Waals surface area contributed by atoms with Gasteiger partial charge in [0.15, 0.2) is 0 Å². The molecular weight excluding hydrogens is 829 g/mol. The molecule has 6 rings (SSSR count). The van der Waals surface area contributed by atoms with E-state index in [1.165, 1.54) is 68.1 Å². The maximum absolute atomic E-state index is 13.4. The van der Waals surface area contributed by atoms with E-state index in [0.29, 0.717) is 13.1 Å². The van der Waals surface area contributed by atoms with Crippen LogP contribution in [0.1, 0.15) is 41.4 Å². The highest BCUT2D eigenvalue weighted by atomic mass is 16.6. The molecular formula is C46H48N6O12. The minimum Gasteiger partial charge on any atom is -0.372 e. The SMILES string of the molecule is O=C(OC(=O)N1CCN(CCN2CCN(C(=O)OC(=O)c3ccccc3)CCN(C(=O)OC(=O)c3ccccc3)CC2)CCN(C(=O)OC(=O)c2ccccc2)CC1)c1ccccc1. The summed E-state index contributed by atoms with van der Waals surface area (Å²) in [7, 11) is 0. The maximum Gasteiger partial charge on any atom is 0.417 e. The third-order valence-electron chi connectivity index (χ3n) is 10.5. The average molecular weight is 877 g/mol. The summed E-state index contributed by atoms with van der Waals surface area (Å²) in [6.45, 7) is 2.14. The minimum atomic E-state index is -0.917. The quantitative estimate of drug-likeness (QED) is 0.141. The van der Waals surface area contributed by atoms with E-state index in [4.69, 9.17) is 18.9 Å². The highest BCUT2D eigenvalue weighted by molar-refractivity contribution is 5.98. The van der Waals surface area contributed by atoms with Crippen molar-refractivity contribution in [2.24, 2.45) is 0 Å². The molecule has 4 amide bonds. The van der Waals surface area contributed by atoms with Crippen LogP contribution in [-0.2, 0) is 18.9 Å². The van der Waals surface area contributed by atoms with Crippen LogP contribution in [0.2, 0.25) is 0 Å². The Morgan fingerprint density at radius 2 is 0.484 bits per heavy atom. The van der Waals surface area contributed by atoms with Crippen molar-refractivity contribution in [2.45, 2.75) is 0 Å². The first kappa shape index (κ1) is 46.1. The zero-order chi connectivity index (χ0) is 45.3. The van der Waals surface area contributed by atoms with Crippen LogP contribution in [0.3, 0.4) is 0 Å². The molecule has 0 unspecified atom stereocenters. The number of ether oxygens (including phenoxy) is 4. The van der Waals surface area contributed by atoms with Crippen molar-refractivity contribution in [3.05, 3.63) is 144 Å². The first-order chi connectivity index (χ1) is 31.0. The van der Waals surface area contributed by atoms with E-state index in [2.05, 4.69) is 0 Å². The zero-order valence-electron chi connectivity index (χ0n) is 35.0. The van der Waals surface area contributed by atoms with E-state index in [1.807, 2.05) is 9.80 Å². The number of carbonyl (C=O) groups is 8. The highest BCUT2D eigenvalue weighted by Gasteiger charge is 2.30. The zero-order valence-corrected chi connectivity index (χ0v) is 35.0. The molecule has 0 N–H and O–H groups in total. The smallest absolute Gasteiger partial charge is 0.372 e. The molecule has 4 aromatic rings. The molecule has 2 aliphatic heterocycles. The Balaban J connectivity index is 1.15. The summed E-state index contributed by atoms with van der Waals surface area (Å²) in [4.78, 5) is 114. The molecule has 4 aromatic carbocycles. The highest BCUT2D eigenvalue weighted by Crippen LogP contribution is 2.12. The van der Waals surface area contributed by atoms with Crippen LogP contribution in [0, 0.1) is 0 Å². The lowest BCUT2D eigenvalue weighted by atomic mass is 10.2. The average Bonchev–Trinajstić information content (AvgIpc) is 3.50. The van der Waals surface area contributed by atoms with Crippen LogP contribution in [-0.4, -0.2) is 169 Å². The second kappa shape index (κ2) is 23.1. The molecule has 0 spiro atoms. The molecule has 18 nitrogen and oxygen atoms in total. The molecule has 0 aromatic heterocycles. The fourth-order valence-corrected chi connectivity index (χ4v) is 6.77. The van der Waals surface area contributed by atoms with Crippen LogP contribution in [0.5, 0.6) is 0 Å². The lowest BCUT2D eigenvalue weighted by Crippen LogP contribution is -2.45. The van der Waals surface area contributed by atoms with Crippen molar-refractivity contribution < 1.29 is 57.3 Å². The van der Waals surface area contributed by atoms with E-state index < -0.39 is 48.3 Å². The first-order valence-corrected chi connectivity index (χ1v) is 20.7. The molecule has 2 saturated heterocycles. The van der Waals surface area contributed by atoms with Crippen LogP contribution < -0.4 is 0 Å². The standard InChI is InChI=1S/C46H48N6O12/c53-39(35-13-5-1-6-14-35)61-43(57)49-27-23-47(24-28-50(32-31-49)44(58)62-40(54)36-15-7-2-8-16-36)21-22-48-25-29-51(45(59)63-41(55)37-17-9-3-10-18-37)33-34-52(30-26-48)46(60)64-42(56)38-19-11-4-12-20-38/h1-20H,21-34H2. The van der Waals surface area contributed by atoms with Gasteiger partial charge in [0.1, 0.15) is 0 Å². The normalized spacial score (nSPS) is 15.4. The summed E-state index contributed by atoms with van der Waals surface area (Å²) in [6, 6.07) is 32.1. The number of amides is 4. The van der Waals surface area contributed by atoms with Gasteiger partial charge in [-0.2, -0.15) is 0 Å². The van der Waals surface area contributed by atoms with E-state index in [0.717, 1.165) is 0 Å². The van der Waals surface area contributed by atoms with Crippen molar-refractivity contribution in [3.63, 3.8) is 0 Å². The van der Waals surface area contributed by atoms with Gasteiger partial charge in [-0.1, -0.05) is 72.8 Å². The van der Waals surface area contributed by atoms with Crippen molar-refractivity contribution >= 4 is 48.3 Å². The van der Waals surface area contributed by atoms with E-state index >= 15 is 0 Å². The molecule has 2 heterocycles. The van der Waals surface area contributed by atoms with Gasteiger partial charge in [-0.05, 0) is 48.5 Å². The molecule has 2 fully saturated rings. The number of benzene rings is 4. The molecule has 0 saturated carbocycles. The summed E-state index contributed by atoms with van der Waals surface area (Å²) in [5.41, 5.74) is 0.721. The second-order valence-corrected chi connectivity index (χ2v) is 14.7. The molecule has 0 bridgehead atoms. The number of rotatable bonds is 7. The molecule has 0 radical (unpaired) electrons. The topological polar surface area (TPSA) is 193 Å². The molecule has 334 valence electrons. The maximum atomic E-state index is 13.4. The number of hydrogen-bond acceptors (Lipinski definition) is 14. The number of nitrogens with zero attached hydrogens (tertiary/aromatic N) is 6. The van der Waals surface area contributed by atoms with Gasteiger partial charge >= 0.3 is 48.3 Å². The third-order valence-corrected chi connectivity index (χ3v) is 10.5. The van der Waals surface area contributed by atoms with Crippen molar-refractivity contribution in [2.75, 3.05) is 91.6 Å². The number of esters is 4. The molecule has 0 aliphatic carbocycles. The van der Waals surface area contributed by atoms with Crippen molar-refractivity contribution in [1.82, 2.24) is 29.4 Å². The van der Waals surface area contributed by atoms with Gasteiger partial charge in [-0.25, -0.2) is 38.4 Å². The fraction of sp³-hybridized carbons (Fsp3) is 0.304. The van der Waals surface area contributed by atoms with Crippen LogP contribution in [0.15, 0.2) is 121 Å². The Labute approximate surface area is 369 Å². The summed E-state index contributed by atoms with van der Waals surface area (Å²) in [5, 5.41) is 0. The minimum absolute atomic E-state index is 0.0348. The summed E-state index contributed by atoms with van der Waals surface area (Å²) in [6.07, 6.45) is -3.67. The van der Waals surface area contributed by atoms with E-state index in [1.54, 1.807) is 72.8 Å². The predicted octanol–water partition coefficient (Wildman–Crippen LogP) is 4.73. The molecule has 64 heavy (non-hydrogen) atoms. The Morgan fingerprint density at radius 3 is 0.688 bits per heavy atom. The summed E-state index contributed by atoms with van der Waals surface area (Å²) in [5.74, 6) is -3.37. The van der Waals surface area contributed by atoms with Crippen LogP contribution in [0.25, 0.3) is 0 Å². The van der Waals surface area contributed by atoms with E-state index in [9.17, 15) is 38.4 Å². The monoisotopic (exact) mass is 876 g/mol. The molecule has 0 atom stereocenters. The molecule has 18 heteroatoms. The first-order valence-electron chi connectivity index (χ1n) is 20.7. The van der Waals surface area contributed by atoms with Gasteiger partial charge in [0.2, 0.25) is 0 Å². The van der Waals surface area contributed by atoms with Crippen LogP contribution >= 0.6 is 0 Å². The van der Waals surface area contributed by atoms with E-state index in [-0.39, 0.29) is 101 Å². The lowest BCUT2D eigenvalue weighted by molar-refractivity contribution is 0.0491.